The van der Waals surface area contributed by atoms with E-state index < -0.39 is 23.5 Å². The number of carbonyl (C=O) groups is 1. The van der Waals surface area contributed by atoms with Crippen molar-refractivity contribution in [2.45, 2.75) is 25.4 Å². The molecule has 0 heterocycles. The van der Waals surface area contributed by atoms with E-state index in [9.17, 15) is 14.3 Å². The number of aromatic hydroxyl groups is 1. The number of rotatable bonds is 4. The molecule has 0 radical (unpaired) electrons. The molecule has 108 valence electrons. The smallest absolute Gasteiger partial charge is 0.308 e. The Balaban J connectivity index is 2.08. The predicted molar refractivity (Wildman–Crippen MR) is 73.2 cm³/mol. The number of hydrogen-bond donors (Lipinski definition) is 3. The van der Waals surface area contributed by atoms with E-state index in [1.54, 1.807) is 0 Å². The second-order valence-corrected chi connectivity index (χ2v) is 5.21. The van der Waals surface area contributed by atoms with Crippen LogP contribution >= 0.6 is 11.6 Å². The van der Waals surface area contributed by atoms with Gasteiger partial charge in [-0.15, -0.1) is 0 Å². The van der Waals surface area contributed by atoms with Crippen LogP contribution in [-0.2, 0) is 11.3 Å². The van der Waals surface area contributed by atoms with Gasteiger partial charge in [0.2, 0.25) is 0 Å². The van der Waals surface area contributed by atoms with Gasteiger partial charge in [0.1, 0.15) is 0 Å². The van der Waals surface area contributed by atoms with E-state index in [1.807, 2.05) is 12.2 Å². The topological polar surface area (TPSA) is 69.6 Å². The molecule has 1 aliphatic rings. The summed E-state index contributed by atoms with van der Waals surface area (Å²) in [6, 6.07) is 2.24. The highest BCUT2D eigenvalue weighted by molar-refractivity contribution is 6.30. The number of hydrogen-bond acceptors (Lipinski definition) is 3. The summed E-state index contributed by atoms with van der Waals surface area (Å²) in [7, 11) is 0. The number of phenolic OH excluding ortho intramolecular Hbond substituents is 1. The predicted octanol–water partition coefficient (Wildman–Crippen LogP) is 2.69. The van der Waals surface area contributed by atoms with Gasteiger partial charge in [0.05, 0.1) is 5.92 Å². The van der Waals surface area contributed by atoms with Gasteiger partial charge in [0, 0.05) is 23.2 Å². The van der Waals surface area contributed by atoms with Crippen LogP contribution in [0.1, 0.15) is 18.4 Å². The number of carboxylic acid groups (broad SMARTS) is 1. The molecule has 2 atom stereocenters. The first-order valence-electron chi connectivity index (χ1n) is 6.27. The van der Waals surface area contributed by atoms with Crippen LogP contribution in [0.25, 0.3) is 0 Å². The van der Waals surface area contributed by atoms with Gasteiger partial charge in [-0.1, -0.05) is 23.8 Å². The number of benzene rings is 1. The lowest BCUT2D eigenvalue weighted by Crippen LogP contribution is -2.40. The Hall–Kier alpha value is -1.59. The molecule has 3 N–H and O–H groups in total. The summed E-state index contributed by atoms with van der Waals surface area (Å²) in [5.74, 6) is -2.63. The third-order valence-corrected chi connectivity index (χ3v) is 3.63. The average molecular weight is 300 g/mol. The fraction of sp³-hybridized carbons (Fsp3) is 0.357. The fourth-order valence-electron chi connectivity index (χ4n) is 2.31. The van der Waals surface area contributed by atoms with Gasteiger partial charge < -0.3 is 15.5 Å². The second kappa shape index (κ2) is 6.24. The lowest BCUT2D eigenvalue weighted by Gasteiger charge is -2.26. The molecule has 20 heavy (non-hydrogen) atoms. The highest BCUT2D eigenvalue weighted by Gasteiger charge is 2.28. The Morgan fingerprint density at radius 3 is 2.80 bits per heavy atom. The van der Waals surface area contributed by atoms with Crippen LogP contribution in [0, 0.1) is 11.7 Å². The van der Waals surface area contributed by atoms with Gasteiger partial charge in [-0.05, 0) is 25.0 Å². The van der Waals surface area contributed by atoms with E-state index in [2.05, 4.69) is 5.32 Å². The third kappa shape index (κ3) is 3.29. The summed E-state index contributed by atoms with van der Waals surface area (Å²) >= 11 is 5.74. The summed E-state index contributed by atoms with van der Waals surface area (Å²) in [4.78, 5) is 11.1. The second-order valence-electron chi connectivity index (χ2n) is 4.77. The van der Waals surface area contributed by atoms with E-state index >= 15 is 0 Å². The molecule has 0 aliphatic heterocycles. The molecular weight excluding hydrogens is 285 g/mol. The summed E-state index contributed by atoms with van der Waals surface area (Å²) in [5.41, 5.74) is 0.314. The molecule has 0 fully saturated rings. The van der Waals surface area contributed by atoms with Crippen molar-refractivity contribution in [2.75, 3.05) is 0 Å². The van der Waals surface area contributed by atoms with Crippen LogP contribution < -0.4 is 5.32 Å². The van der Waals surface area contributed by atoms with Gasteiger partial charge in [-0.2, -0.15) is 0 Å². The van der Waals surface area contributed by atoms with E-state index in [0.717, 1.165) is 6.07 Å². The summed E-state index contributed by atoms with van der Waals surface area (Å²) in [6.45, 7) is 0.158. The van der Waals surface area contributed by atoms with Crippen LogP contribution in [0.15, 0.2) is 24.3 Å². The normalized spacial score (nSPS) is 21.9. The molecule has 2 rings (SSSR count). The van der Waals surface area contributed by atoms with Gasteiger partial charge in [-0.25, -0.2) is 4.39 Å². The number of phenols is 1. The van der Waals surface area contributed by atoms with Crippen molar-refractivity contribution in [3.8, 4) is 5.75 Å². The van der Waals surface area contributed by atoms with Crippen molar-refractivity contribution in [2.24, 2.45) is 5.92 Å². The maximum atomic E-state index is 13.3. The van der Waals surface area contributed by atoms with Crippen LogP contribution in [0.2, 0.25) is 5.02 Å². The molecule has 1 aliphatic carbocycles. The maximum absolute atomic E-state index is 13.3. The van der Waals surface area contributed by atoms with Crippen molar-refractivity contribution in [1.29, 1.82) is 0 Å². The Kier molecular flexibility index (Phi) is 4.62. The summed E-state index contributed by atoms with van der Waals surface area (Å²) in [5, 5.41) is 22.0. The van der Waals surface area contributed by atoms with E-state index in [4.69, 9.17) is 16.7 Å². The highest BCUT2D eigenvalue weighted by atomic mass is 35.5. The Morgan fingerprint density at radius 2 is 2.10 bits per heavy atom. The largest absolute Gasteiger partial charge is 0.505 e. The standard InChI is InChI=1S/C14H15ClFNO3/c15-9-5-8(13(18)11(16)6-9)7-17-12-4-2-1-3-10(12)14(19)20/h1-2,5-6,10,12,17-18H,3-4,7H2,(H,19,20)/t10-,12+/m1/s1. The number of carboxylic acids is 1. The monoisotopic (exact) mass is 299 g/mol. The lowest BCUT2D eigenvalue weighted by atomic mass is 9.89. The summed E-state index contributed by atoms with van der Waals surface area (Å²) < 4.78 is 13.3. The first kappa shape index (κ1) is 14.8. The third-order valence-electron chi connectivity index (χ3n) is 3.41. The molecule has 1 aromatic rings. The summed E-state index contributed by atoms with van der Waals surface area (Å²) in [6.07, 6.45) is 4.80. The van der Waals surface area contributed by atoms with Crippen molar-refractivity contribution in [1.82, 2.24) is 5.32 Å². The van der Waals surface area contributed by atoms with Crippen molar-refractivity contribution >= 4 is 17.6 Å². The number of aliphatic carboxylic acids is 1. The molecule has 6 heteroatoms. The maximum Gasteiger partial charge on any atom is 0.308 e. The Bertz CT molecular complexity index is 547. The highest BCUT2D eigenvalue weighted by Crippen LogP contribution is 2.26. The minimum atomic E-state index is -0.867. The van der Waals surface area contributed by atoms with Crippen LogP contribution in [0.5, 0.6) is 5.75 Å². The zero-order valence-electron chi connectivity index (χ0n) is 10.6. The fourth-order valence-corrected chi connectivity index (χ4v) is 2.54. The number of nitrogens with one attached hydrogen (secondary N) is 1. The van der Waals surface area contributed by atoms with Gasteiger partial charge in [0.25, 0.3) is 0 Å². The van der Waals surface area contributed by atoms with E-state index in [-0.39, 0.29) is 17.6 Å². The molecule has 0 aromatic heterocycles. The van der Waals surface area contributed by atoms with Crippen molar-refractivity contribution < 1.29 is 19.4 Å². The van der Waals surface area contributed by atoms with Gasteiger partial charge >= 0.3 is 5.97 Å². The lowest BCUT2D eigenvalue weighted by molar-refractivity contribution is -0.142. The van der Waals surface area contributed by atoms with Crippen LogP contribution in [-0.4, -0.2) is 22.2 Å². The first-order chi connectivity index (χ1) is 9.49. The SMILES string of the molecule is O=C(O)[C@@H]1CC=CC[C@@H]1NCc1cc(Cl)cc(F)c1O. The number of halogens is 2. The molecular formula is C14H15ClFNO3. The molecule has 0 saturated carbocycles. The van der Waals surface area contributed by atoms with E-state index in [0.29, 0.717) is 18.4 Å². The Morgan fingerprint density at radius 1 is 1.40 bits per heavy atom. The van der Waals surface area contributed by atoms with Crippen molar-refractivity contribution in [3.05, 3.63) is 40.7 Å². The minimum absolute atomic E-state index is 0.158. The quantitative estimate of drug-likeness (QED) is 0.748. The minimum Gasteiger partial charge on any atom is -0.505 e. The first-order valence-corrected chi connectivity index (χ1v) is 6.65. The molecule has 4 nitrogen and oxygen atoms in total. The Labute approximate surface area is 120 Å². The van der Waals surface area contributed by atoms with Crippen LogP contribution in [0.3, 0.4) is 0 Å². The van der Waals surface area contributed by atoms with Gasteiger partial charge in [-0.3, -0.25) is 4.79 Å². The number of allylic oxidation sites excluding steroid dienone is 1. The molecule has 0 bridgehead atoms. The molecule has 0 saturated heterocycles. The average Bonchev–Trinajstić information content (AvgIpc) is 2.41. The van der Waals surface area contributed by atoms with Crippen molar-refractivity contribution in [3.63, 3.8) is 0 Å². The molecule has 0 spiro atoms. The van der Waals surface area contributed by atoms with Gasteiger partial charge in [0.15, 0.2) is 11.6 Å². The molecule has 0 amide bonds. The zero-order chi connectivity index (χ0) is 14.7. The zero-order valence-corrected chi connectivity index (χ0v) is 11.4. The molecule has 1 aromatic carbocycles. The van der Waals surface area contributed by atoms with Crippen LogP contribution in [0.4, 0.5) is 4.39 Å². The van der Waals surface area contributed by atoms with E-state index in [1.165, 1.54) is 6.07 Å². The molecule has 0 unspecified atom stereocenters.